The zero-order valence-electron chi connectivity index (χ0n) is 13.2. The van der Waals surface area contributed by atoms with E-state index in [9.17, 15) is 14.4 Å². The number of nitrogens with zero attached hydrogens (tertiary/aromatic N) is 2. The number of piperidine rings is 1. The summed E-state index contributed by atoms with van der Waals surface area (Å²) in [5, 5.41) is 9.04. The van der Waals surface area contributed by atoms with Gasteiger partial charge in [0, 0.05) is 30.5 Å². The fourth-order valence-electron chi connectivity index (χ4n) is 3.38. The number of rotatable bonds is 3. The highest BCUT2D eigenvalue weighted by atomic mass is 79.9. The quantitative estimate of drug-likeness (QED) is 0.851. The summed E-state index contributed by atoms with van der Waals surface area (Å²) in [6.07, 6.45) is 1.17. The van der Waals surface area contributed by atoms with Crippen LogP contribution in [0, 0.1) is 11.8 Å². The Hall–Kier alpha value is -1.89. The number of anilines is 1. The highest BCUT2D eigenvalue weighted by Crippen LogP contribution is 2.32. The standard InChI is InChI=1S/C17H19BrN2O4/c18-13-3-1-2-4-14(13)20-10-12(9-15(20)21)16(22)19-7-5-11(6-8-19)17(23)24/h1-4,11-12H,5-10H2,(H,23,24). The van der Waals surface area contributed by atoms with Crippen LogP contribution in [0.4, 0.5) is 5.69 Å². The number of carboxylic acid groups (broad SMARTS) is 1. The lowest BCUT2D eigenvalue weighted by Gasteiger charge is -2.31. The van der Waals surface area contributed by atoms with Crippen molar-refractivity contribution < 1.29 is 19.5 Å². The second-order valence-corrected chi connectivity index (χ2v) is 7.15. The molecule has 1 aromatic carbocycles. The van der Waals surface area contributed by atoms with Crippen molar-refractivity contribution in [3.63, 3.8) is 0 Å². The van der Waals surface area contributed by atoms with Crippen LogP contribution in [0.1, 0.15) is 19.3 Å². The van der Waals surface area contributed by atoms with Gasteiger partial charge in [0.2, 0.25) is 11.8 Å². The molecule has 1 unspecified atom stereocenters. The molecule has 2 aliphatic heterocycles. The fourth-order valence-corrected chi connectivity index (χ4v) is 3.88. The van der Waals surface area contributed by atoms with E-state index >= 15 is 0 Å². The number of para-hydroxylation sites is 1. The predicted molar refractivity (Wildman–Crippen MR) is 91.5 cm³/mol. The maximum Gasteiger partial charge on any atom is 0.306 e. The molecule has 2 amide bonds. The van der Waals surface area contributed by atoms with Gasteiger partial charge < -0.3 is 14.9 Å². The molecule has 2 aliphatic rings. The number of carboxylic acids is 1. The lowest BCUT2D eigenvalue weighted by molar-refractivity contribution is -0.146. The van der Waals surface area contributed by atoms with E-state index in [-0.39, 0.29) is 30.1 Å². The minimum Gasteiger partial charge on any atom is -0.481 e. The van der Waals surface area contributed by atoms with Crippen LogP contribution in [0.3, 0.4) is 0 Å². The van der Waals surface area contributed by atoms with Crippen molar-refractivity contribution in [2.45, 2.75) is 19.3 Å². The molecule has 0 aliphatic carbocycles. The van der Waals surface area contributed by atoms with Gasteiger partial charge in [0.25, 0.3) is 0 Å². The second-order valence-electron chi connectivity index (χ2n) is 6.29. The maximum atomic E-state index is 12.7. The van der Waals surface area contributed by atoms with Crippen molar-refractivity contribution in [3.8, 4) is 0 Å². The summed E-state index contributed by atoms with van der Waals surface area (Å²) in [5.41, 5.74) is 0.780. The number of benzene rings is 1. The fraction of sp³-hybridized carbons (Fsp3) is 0.471. The third-order valence-corrected chi connectivity index (χ3v) is 5.44. The zero-order chi connectivity index (χ0) is 17.3. The Morgan fingerprint density at radius 3 is 2.42 bits per heavy atom. The lowest BCUT2D eigenvalue weighted by Crippen LogP contribution is -2.43. The van der Waals surface area contributed by atoms with Crippen LogP contribution in [0.25, 0.3) is 0 Å². The maximum absolute atomic E-state index is 12.7. The minimum absolute atomic E-state index is 0.0401. The summed E-state index contributed by atoms with van der Waals surface area (Å²) in [6.45, 7) is 1.28. The number of aliphatic carboxylic acids is 1. The van der Waals surface area contributed by atoms with Gasteiger partial charge in [0.05, 0.1) is 17.5 Å². The van der Waals surface area contributed by atoms with Crippen LogP contribution in [0.5, 0.6) is 0 Å². The minimum atomic E-state index is -0.793. The third kappa shape index (κ3) is 3.31. The summed E-state index contributed by atoms with van der Waals surface area (Å²) < 4.78 is 0.828. The number of amides is 2. The van der Waals surface area contributed by atoms with Crippen LogP contribution < -0.4 is 4.90 Å². The molecule has 128 valence electrons. The molecule has 1 aromatic rings. The van der Waals surface area contributed by atoms with Gasteiger partial charge in [-0.25, -0.2) is 0 Å². The topological polar surface area (TPSA) is 77.9 Å². The molecule has 1 atom stereocenters. The summed E-state index contributed by atoms with van der Waals surface area (Å²) >= 11 is 3.44. The first-order valence-electron chi connectivity index (χ1n) is 8.04. The van der Waals surface area contributed by atoms with E-state index in [4.69, 9.17) is 5.11 Å². The van der Waals surface area contributed by atoms with Gasteiger partial charge in [0.1, 0.15) is 0 Å². The van der Waals surface area contributed by atoms with Crippen LogP contribution in [-0.4, -0.2) is 47.4 Å². The molecule has 0 saturated carbocycles. The number of halogens is 1. The average molecular weight is 395 g/mol. The Labute approximate surface area is 148 Å². The summed E-state index contributed by atoms with van der Waals surface area (Å²) in [5.74, 6) is -1.61. The first-order valence-corrected chi connectivity index (χ1v) is 8.83. The van der Waals surface area contributed by atoms with Crippen molar-refractivity contribution >= 4 is 39.4 Å². The molecule has 7 heteroatoms. The molecule has 2 fully saturated rings. The molecule has 3 rings (SSSR count). The van der Waals surface area contributed by atoms with Gasteiger partial charge in [-0.2, -0.15) is 0 Å². The Morgan fingerprint density at radius 2 is 1.79 bits per heavy atom. The largest absolute Gasteiger partial charge is 0.481 e. The zero-order valence-corrected chi connectivity index (χ0v) is 14.7. The predicted octanol–water partition coefficient (Wildman–Crippen LogP) is 2.13. The molecule has 24 heavy (non-hydrogen) atoms. The van der Waals surface area contributed by atoms with Gasteiger partial charge in [-0.15, -0.1) is 0 Å². The Morgan fingerprint density at radius 1 is 1.12 bits per heavy atom. The van der Waals surface area contributed by atoms with Crippen LogP contribution in [0.2, 0.25) is 0 Å². The number of carbonyl (C=O) groups is 3. The van der Waals surface area contributed by atoms with Crippen molar-refractivity contribution in [1.82, 2.24) is 4.90 Å². The molecule has 1 N–H and O–H groups in total. The molecular weight excluding hydrogens is 376 g/mol. The van der Waals surface area contributed by atoms with E-state index in [2.05, 4.69) is 15.9 Å². The first-order chi connectivity index (χ1) is 11.5. The molecule has 0 aromatic heterocycles. The molecule has 0 spiro atoms. The lowest BCUT2D eigenvalue weighted by atomic mass is 9.95. The normalized spacial score (nSPS) is 22.0. The van der Waals surface area contributed by atoms with E-state index in [0.29, 0.717) is 32.5 Å². The second kappa shape index (κ2) is 6.93. The van der Waals surface area contributed by atoms with Crippen LogP contribution in [-0.2, 0) is 14.4 Å². The molecule has 0 radical (unpaired) electrons. The van der Waals surface area contributed by atoms with Gasteiger partial charge in [-0.3, -0.25) is 14.4 Å². The SMILES string of the molecule is O=C(O)C1CCN(C(=O)C2CC(=O)N(c3ccccc3Br)C2)CC1. The van der Waals surface area contributed by atoms with E-state index < -0.39 is 5.97 Å². The van der Waals surface area contributed by atoms with Gasteiger partial charge in [0.15, 0.2) is 0 Å². The molecule has 2 heterocycles. The molecule has 0 bridgehead atoms. The first kappa shape index (κ1) is 17.0. The summed E-state index contributed by atoms with van der Waals surface area (Å²) in [6, 6.07) is 7.46. The van der Waals surface area contributed by atoms with Crippen molar-refractivity contribution in [2.24, 2.45) is 11.8 Å². The summed E-state index contributed by atoms with van der Waals surface area (Å²) in [4.78, 5) is 39.4. The monoisotopic (exact) mass is 394 g/mol. The Bertz CT molecular complexity index is 670. The van der Waals surface area contributed by atoms with E-state index in [1.807, 2.05) is 24.3 Å². The van der Waals surface area contributed by atoms with Gasteiger partial charge >= 0.3 is 5.97 Å². The van der Waals surface area contributed by atoms with E-state index in [1.165, 1.54) is 0 Å². The third-order valence-electron chi connectivity index (χ3n) is 4.77. The highest BCUT2D eigenvalue weighted by molar-refractivity contribution is 9.10. The summed E-state index contributed by atoms with van der Waals surface area (Å²) in [7, 11) is 0. The van der Waals surface area contributed by atoms with Gasteiger partial charge in [-0.1, -0.05) is 12.1 Å². The highest BCUT2D eigenvalue weighted by Gasteiger charge is 2.39. The van der Waals surface area contributed by atoms with E-state index in [1.54, 1.807) is 9.80 Å². The molecular formula is C17H19BrN2O4. The number of hydrogen-bond donors (Lipinski definition) is 1. The number of carbonyl (C=O) groups excluding carboxylic acids is 2. The Balaban J connectivity index is 1.65. The van der Waals surface area contributed by atoms with Crippen molar-refractivity contribution in [2.75, 3.05) is 24.5 Å². The molecule has 2 saturated heterocycles. The van der Waals surface area contributed by atoms with Crippen molar-refractivity contribution in [1.29, 1.82) is 0 Å². The van der Waals surface area contributed by atoms with Crippen molar-refractivity contribution in [3.05, 3.63) is 28.7 Å². The van der Waals surface area contributed by atoms with Gasteiger partial charge in [-0.05, 0) is 40.9 Å². The number of hydrogen-bond acceptors (Lipinski definition) is 3. The smallest absolute Gasteiger partial charge is 0.306 e. The molecule has 6 nitrogen and oxygen atoms in total. The average Bonchev–Trinajstić information content (AvgIpc) is 2.96. The van der Waals surface area contributed by atoms with Crippen LogP contribution in [0.15, 0.2) is 28.7 Å². The number of likely N-dealkylation sites (tertiary alicyclic amines) is 1. The van der Waals surface area contributed by atoms with E-state index in [0.717, 1.165) is 10.2 Å². The Kier molecular flexibility index (Phi) is 4.89. The van der Waals surface area contributed by atoms with Crippen LogP contribution >= 0.6 is 15.9 Å².